The van der Waals surface area contributed by atoms with Crippen LogP contribution < -0.4 is 9.47 Å². The average molecular weight is 491 g/mol. The molecule has 1 aliphatic carbocycles. The van der Waals surface area contributed by atoms with Crippen LogP contribution in [0.3, 0.4) is 0 Å². The molecule has 35 heavy (non-hydrogen) atoms. The van der Waals surface area contributed by atoms with Gasteiger partial charge in [-0.15, -0.1) is 0 Å². The Balaban J connectivity index is 1.39. The predicted octanol–water partition coefficient (Wildman–Crippen LogP) is 8.11. The average Bonchev–Trinajstić information content (AvgIpc) is 2.85. The zero-order chi connectivity index (χ0) is 25.1. The molecule has 4 rings (SSSR count). The molecule has 0 aromatic heterocycles. The number of hydrogen-bond acceptors (Lipinski definition) is 2. The number of halogens is 5. The highest BCUT2D eigenvalue weighted by atomic mass is 19.2. The lowest BCUT2D eigenvalue weighted by atomic mass is 9.78. The normalized spacial score (nSPS) is 17.9. The van der Waals surface area contributed by atoms with Crippen LogP contribution in [0.1, 0.15) is 49.7 Å². The molecule has 0 aliphatic heterocycles. The van der Waals surface area contributed by atoms with Crippen molar-refractivity contribution >= 4 is 0 Å². The first-order valence-corrected chi connectivity index (χ1v) is 11.8. The Kier molecular flexibility index (Phi) is 7.63. The van der Waals surface area contributed by atoms with E-state index in [2.05, 4.69) is 0 Å². The van der Waals surface area contributed by atoms with Gasteiger partial charge in [-0.1, -0.05) is 18.2 Å². The predicted molar refractivity (Wildman–Crippen MR) is 124 cm³/mol. The first kappa shape index (κ1) is 25.0. The van der Waals surface area contributed by atoms with Crippen LogP contribution in [0, 0.1) is 41.9 Å². The first-order chi connectivity index (χ1) is 16.8. The fraction of sp³-hybridized carbons (Fsp3) is 0.357. The first-order valence-electron chi connectivity index (χ1n) is 11.8. The fourth-order valence-corrected chi connectivity index (χ4v) is 4.63. The van der Waals surface area contributed by atoms with Crippen LogP contribution in [0.4, 0.5) is 22.0 Å². The van der Waals surface area contributed by atoms with Crippen LogP contribution in [0.5, 0.6) is 11.5 Å². The maximum absolute atomic E-state index is 15.0. The third-order valence-electron chi connectivity index (χ3n) is 6.66. The van der Waals surface area contributed by atoms with E-state index in [-0.39, 0.29) is 53.2 Å². The molecule has 2 nitrogen and oxygen atoms in total. The van der Waals surface area contributed by atoms with Gasteiger partial charge in [0.15, 0.2) is 23.1 Å². The summed E-state index contributed by atoms with van der Waals surface area (Å²) in [4.78, 5) is 0. The minimum Gasteiger partial charge on any atom is -0.491 e. The molecule has 1 aliphatic rings. The molecule has 0 amide bonds. The molecule has 0 saturated heterocycles. The van der Waals surface area contributed by atoms with Crippen molar-refractivity contribution in [3.63, 3.8) is 0 Å². The van der Waals surface area contributed by atoms with Gasteiger partial charge >= 0.3 is 0 Å². The van der Waals surface area contributed by atoms with Crippen molar-refractivity contribution in [3.8, 4) is 22.6 Å². The summed E-state index contributed by atoms with van der Waals surface area (Å²) in [5.41, 5.74) is 0.975. The molecule has 7 heteroatoms. The highest BCUT2D eigenvalue weighted by Gasteiger charge is 2.26. The summed E-state index contributed by atoms with van der Waals surface area (Å²) < 4.78 is 82.1. The van der Waals surface area contributed by atoms with Crippen molar-refractivity contribution in [2.75, 3.05) is 13.2 Å². The summed E-state index contributed by atoms with van der Waals surface area (Å²) in [6.07, 6.45) is 2.92. The Hall–Kier alpha value is -3.09. The van der Waals surface area contributed by atoms with E-state index in [1.165, 1.54) is 37.3 Å². The molecule has 3 aromatic rings. The minimum atomic E-state index is -1.09. The fourth-order valence-electron chi connectivity index (χ4n) is 4.63. The number of benzene rings is 3. The van der Waals surface area contributed by atoms with Crippen molar-refractivity contribution in [2.24, 2.45) is 5.92 Å². The summed E-state index contributed by atoms with van der Waals surface area (Å²) in [6, 6.07) is 10.1. The molecular formula is C28H27F5O2. The molecule has 186 valence electrons. The monoisotopic (exact) mass is 490 g/mol. The van der Waals surface area contributed by atoms with Gasteiger partial charge in [0.2, 0.25) is 11.6 Å². The van der Waals surface area contributed by atoms with Crippen molar-refractivity contribution in [2.45, 2.75) is 45.4 Å². The summed E-state index contributed by atoms with van der Waals surface area (Å²) in [6.45, 7) is 3.62. The number of ether oxygens (including phenoxy) is 2. The van der Waals surface area contributed by atoms with E-state index in [0.29, 0.717) is 18.4 Å². The SMILES string of the molecule is CCOc1ccc(-c2ccc(C3CCC(COc4ccc(C)c(F)c4F)CC3)c(F)c2)c(F)c1F. The lowest BCUT2D eigenvalue weighted by Crippen LogP contribution is -2.20. The molecule has 0 bridgehead atoms. The standard InChI is InChI=1S/C28H27F5O2/c1-3-34-23-13-11-21(26(31)28(23)33)19-9-10-20(22(29)14-19)18-7-5-17(6-8-18)15-35-24-12-4-16(2)25(30)27(24)32/h4,9-14,17-18H,3,5-8,15H2,1-2H3. The van der Waals surface area contributed by atoms with E-state index in [4.69, 9.17) is 9.47 Å². The molecule has 0 atom stereocenters. The molecule has 0 N–H and O–H groups in total. The zero-order valence-electron chi connectivity index (χ0n) is 19.6. The smallest absolute Gasteiger partial charge is 0.201 e. The van der Waals surface area contributed by atoms with Gasteiger partial charge in [-0.05, 0) is 92.3 Å². The second-order valence-electron chi connectivity index (χ2n) is 8.95. The second-order valence-corrected chi connectivity index (χ2v) is 8.95. The molecule has 0 radical (unpaired) electrons. The molecule has 1 saturated carbocycles. The Morgan fingerprint density at radius 1 is 0.743 bits per heavy atom. The number of aryl methyl sites for hydroxylation is 1. The van der Waals surface area contributed by atoms with Crippen LogP contribution in [-0.4, -0.2) is 13.2 Å². The van der Waals surface area contributed by atoms with Gasteiger partial charge < -0.3 is 9.47 Å². The molecular weight excluding hydrogens is 463 g/mol. The van der Waals surface area contributed by atoms with E-state index in [0.717, 1.165) is 12.8 Å². The van der Waals surface area contributed by atoms with Gasteiger partial charge in [0.05, 0.1) is 13.2 Å². The Morgan fingerprint density at radius 3 is 2.09 bits per heavy atom. The van der Waals surface area contributed by atoms with E-state index < -0.39 is 29.1 Å². The van der Waals surface area contributed by atoms with Crippen molar-refractivity contribution in [3.05, 3.63) is 82.7 Å². The van der Waals surface area contributed by atoms with E-state index in [1.54, 1.807) is 19.1 Å². The molecule has 0 unspecified atom stereocenters. The maximum atomic E-state index is 15.0. The summed E-state index contributed by atoms with van der Waals surface area (Å²) in [7, 11) is 0. The minimum absolute atomic E-state index is 0.0178. The van der Waals surface area contributed by atoms with Gasteiger partial charge in [-0.3, -0.25) is 0 Å². The van der Waals surface area contributed by atoms with E-state index in [9.17, 15) is 22.0 Å². The number of rotatable bonds is 7. The van der Waals surface area contributed by atoms with Gasteiger partial charge in [0.25, 0.3) is 0 Å². The second kappa shape index (κ2) is 10.7. The molecule has 0 heterocycles. The van der Waals surface area contributed by atoms with Crippen molar-refractivity contribution in [1.29, 1.82) is 0 Å². The zero-order valence-corrected chi connectivity index (χ0v) is 19.6. The van der Waals surface area contributed by atoms with Gasteiger partial charge in [-0.2, -0.15) is 8.78 Å². The Morgan fingerprint density at radius 2 is 1.40 bits per heavy atom. The van der Waals surface area contributed by atoms with E-state index >= 15 is 0 Å². The summed E-state index contributed by atoms with van der Waals surface area (Å²) in [5, 5.41) is 0. The highest BCUT2D eigenvalue weighted by molar-refractivity contribution is 5.66. The topological polar surface area (TPSA) is 18.5 Å². The van der Waals surface area contributed by atoms with Gasteiger partial charge in [0.1, 0.15) is 5.82 Å². The Labute approximate surface area is 201 Å². The molecule has 0 spiro atoms. The molecule has 1 fully saturated rings. The largest absolute Gasteiger partial charge is 0.491 e. The summed E-state index contributed by atoms with van der Waals surface area (Å²) >= 11 is 0. The third kappa shape index (κ3) is 5.29. The quantitative estimate of drug-likeness (QED) is 0.312. The maximum Gasteiger partial charge on any atom is 0.201 e. The van der Waals surface area contributed by atoms with Gasteiger partial charge in [0, 0.05) is 5.56 Å². The summed E-state index contributed by atoms with van der Waals surface area (Å²) in [5.74, 6) is -4.67. The van der Waals surface area contributed by atoms with Crippen LogP contribution in [0.25, 0.3) is 11.1 Å². The third-order valence-corrected chi connectivity index (χ3v) is 6.66. The van der Waals surface area contributed by atoms with Gasteiger partial charge in [-0.25, -0.2) is 13.2 Å². The highest BCUT2D eigenvalue weighted by Crippen LogP contribution is 2.39. The number of hydrogen-bond donors (Lipinski definition) is 0. The van der Waals surface area contributed by atoms with Crippen LogP contribution in [0.15, 0.2) is 42.5 Å². The van der Waals surface area contributed by atoms with Crippen LogP contribution >= 0.6 is 0 Å². The van der Waals surface area contributed by atoms with Crippen molar-refractivity contribution in [1.82, 2.24) is 0 Å². The lowest BCUT2D eigenvalue weighted by Gasteiger charge is -2.29. The van der Waals surface area contributed by atoms with Crippen LogP contribution in [0.2, 0.25) is 0 Å². The van der Waals surface area contributed by atoms with Crippen LogP contribution in [-0.2, 0) is 0 Å². The van der Waals surface area contributed by atoms with Crippen molar-refractivity contribution < 1.29 is 31.4 Å². The Bertz CT molecular complexity index is 1200. The lowest BCUT2D eigenvalue weighted by molar-refractivity contribution is 0.192. The van der Waals surface area contributed by atoms with E-state index in [1.807, 2.05) is 0 Å². The molecule has 3 aromatic carbocycles.